The molecular weight excluding hydrogens is 326 g/mol. The van der Waals surface area contributed by atoms with Crippen LogP contribution in [0.5, 0.6) is 5.75 Å². The van der Waals surface area contributed by atoms with E-state index < -0.39 is 10.1 Å². The van der Waals surface area contributed by atoms with Crippen LogP contribution in [0.3, 0.4) is 0 Å². The molecule has 0 bridgehead atoms. The van der Waals surface area contributed by atoms with E-state index >= 15 is 0 Å². The minimum atomic E-state index is -3.56. The molecule has 1 amide bonds. The van der Waals surface area contributed by atoms with Gasteiger partial charge in [0, 0.05) is 19.0 Å². The highest BCUT2D eigenvalue weighted by Gasteiger charge is 2.19. The minimum Gasteiger partial charge on any atom is -0.383 e. The zero-order valence-corrected chi connectivity index (χ0v) is 15.9. The van der Waals surface area contributed by atoms with Crippen molar-refractivity contribution in [2.75, 3.05) is 6.26 Å². The van der Waals surface area contributed by atoms with E-state index in [-0.39, 0.29) is 17.7 Å². The predicted molar refractivity (Wildman–Crippen MR) is 96.4 cm³/mol. The van der Waals surface area contributed by atoms with Crippen LogP contribution in [0.2, 0.25) is 0 Å². The summed E-state index contributed by atoms with van der Waals surface area (Å²) in [4.78, 5) is 14.4. The molecule has 0 unspecified atom stereocenters. The number of hydrogen-bond donors (Lipinski definition) is 0. The van der Waals surface area contributed by atoms with Crippen LogP contribution in [0.15, 0.2) is 24.3 Å². The Morgan fingerprint density at radius 1 is 1.25 bits per heavy atom. The summed E-state index contributed by atoms with van der Waals surface area (Å²) < 4.78 is 27.4. The van der Waals surface area contributed by atoms with E-state index in [1.54, 1.807) is 18.2 Å². The molecule has 1 aromatic carbocycles. The van der Waals surface area contributed by atoms with Crippen molar-refractivity contribution >= 4 is 16.0 Å². The van der Waals surface area contributed by atoms with Crippen LogP contribution in [-0.4, -0.2) is 31.5 Å². The van der Waals surface area contributed by atoms with Crippen molar-refractivity contribution in [1.29, 1.82) is 0 Å². The molecule has 0 aliphatic carbocycles. The van der Waals surface area contributed by atoms with Gasteiger partial charge in [0.05, 0.1) is 6.26 Å². The first kappa shape index (κ1) is 20.5. The molecule has 0 aromatic heterocycles. The fourth-order valence-corrected chi connectivity index (χ4v) is 2.90. The van der Waals surface area contributed by atoms with Gasteiger partial charge in [0.25, 0.3) is 0 Å². The molecule has 1 aromatic rings. The van der Waals surface area contributed by atoms with Gasteiger partial charge in [0.1, 0.15) is 5.75 Å². The SMILES string of the molecule is CCCCCC(=O)N(Cc1cccc(OS(C)(=O)=O)c1)[C@H](C)CC. The summed E-state index contributed by atoms with van der Waals surface area (Å²) >= 11 is 0. The van der Waals surface area contributed by atoms with Crippen LogP contribution >= 0.6 is 0 Å². The quantitative estimate of drug-likeness (QED) is 0.474. The van der Waals surface area contributed by atoms with E-state index in [9.17, 15) is 13.2 Å². The highest BCUT2D eigenvalue weighted by Crippen LogP contribution is 2.19. The van der Waals surface area contributed by atoms with Crippen LogP contribution < -0.4 is 4.18 Å². The van der Waals surface area contributed by atoms with Crippen molar-refractivity contribution in [2.45, 2.75) is 65.5 Å². The van der Waals surface area contributed by atoms with Crippen LogP contribution in [0, 0.1) is 0 Å². The third kappa shape index (κ3) is 7.34. The lowest BCUT2D eigenvalue weighted by Gasteiger charge is -2.29. The number of benzene rings is 1. The van der Waals surface area contributed by atoms with E-state index in [4.69, 9.17) is 4.18 Å². The summed E-state index contributed by atoms with van der Waals surface area (Å²) in [7, 11) is -3.56. The predicted octanol–water partition coefficient (Wildman–Crippen LogP) is 3.73. The van der Waals surface area contributed by atoms with E-state index in [0.29, 0.717) is 13.0 Å². The lowest BCUT2D eigenvalue weighted by atomic mass is 10.1. The lowest BCUT2D eigenvalue weighted by molar-refractivity contribution is -0.134. The largest absolute Gasteiger partial charge is 0.383 e. The number of amides is 1. The first-order valence-corrected chi connectivity index (χ1v) is 10.4. The van der Waals surface area contributed by atoms with Crippen LogP contribution in [0.4, 0.5) is 0 Å². The average molecular weight is 356 g/mol. The highest BCUT2D eigenvalue weighted by atomic mass is 32.2. The number of rotatable bonds is 10. The number of nitrogens with zero attached hydrogens (tertiary/aromatic N) is 1. The van der Waals surface area contributed by atoms with Gasteiger partial charge < -0.3 is 9.08 Å². The summed E-state index contributed by atoms with van der Waals surface area (Å²) in [5.41, 5.74) is 0.861. The molecule has 0 saturated carbocycles. The Morgan fingerprint density at radius 3 is 2.54 bits per heavy atom. The second-order valence-electron chi connectivity index (χ2n) is 6.17. The maximum absolute atomic E-state index is 12.5. The normalized spacial score (nSPS) is 12.7. The van der Waals surface area contributed by atoms with Gasteiger partial charge in [0.2, 0.25) is 5.91 Å². The topological polar surface area (TPSA) is 63.7 Å². The van der Waals surface area contributed by atoms with Crippen molar-refractivity contribution in [3.05, 3.63) is 29.8 Å². The second-order valence-corrected chi connectivity index (χ2v) is 7.75. The fourth-order valence-electron chi connectivity index (χ4n) is 2.45. The molecule has 0 saturated heterocycles. The Bertz CT molecular complexity index is 628. The molecule has 1 rings (SSSR count). The maximum atomic E-state index is 12.5. The smallest absolute Gasteiger partial charge is 0.306 e. The van der Waals surface area contributed by atoms with Gasteiger partial charge in [-0.2, -0.15) is 8.42 Å². The van der Waals surface area contributed by atoms with Crippen LogP contribution in [0.1, 0.15) is 58.4 Å². The van der Waals surface area contributed by atoms with Gasteiger partial charge in [-0.25, -0.2) is 0 Å². The van der Waals surface area contributed by atoms with Crippen molar-refractivity contribution in [2.24, 2.45) is 0 Å². The number of unbranched alkanes of at least 4 members (excludes halogenated alkanes) is 2. The molecule has 0 N–H and O–H groups in total. The van der Waals surface area contributed by atoms with E-state index in [2.05, 4.69) is 13.8 Å². The van der Waals surface area contributed by atoms with Gasteiger partial charge in [-0.3, -0.25) is 4.79 Å². The second kappa shape index (κ2) is 9.67. The molecule has 136 valence electrons. The standard InChI is InChI=1S/C18H29NO4S/c1-5-7-8-12-18(20)19(15(3)6-2)14-16-10-9-11-17(13-16)23-24(4,21)22/h9-11,13,15H,5-8,12,14H2,1-4H3/t15-/m1/s1. The van der Waals surface area contributed by atoms with Crippen molar-refractivity contribution in [3.8, 4) is 5.75 Å². The molecule has 0 aliphatic rings. The molecule has 0 fully saturated rings. The van der Waals surface area contributed by atoms with Crippen molar-refractivity contribution in [1.82, 2.24) is 4.90 Å². The third-order valence-electron chi connectivity index (χ3n) is 3.94. The fraction of sp³-hybridized carbons (Fsp3) is 0.611. The molecule has 0 spiro atoms. The van der Waals surface area contributed by atoms with Crippen molar-refractivity contribution in [3.63, 3.8) is 0 Å². The summed E-state index contributed by atoms with van der Waals surface area (Å²) in [6.07, 6.45) is 5.48. The molecule has 5 nitrogen and oxygen atoms in total. The van der Waals surface area contributed by atoms with E-state index in [1.165, 1.54) is 0 Å². The van der Waals surface area contributed by atoms with Crippen LogP contribution in [0.25, 0.3) is 0 Å². The van der Waals surface area contributed by atoms with Gasteiger partial charge in [0.15, 0.2) is 0 Å². The van der Waals surface area contributed by atoms with E-state index in [0.717, 1.165) is 37.5 Å². The lowest BCUT2D eigenvalue weighted by Crippen LogP contribution is -2.37. The number of hydrogen-bond acceptors (Lipinski definition) is 4. The summed E-state index contributed by atoms with van der Waals surface area (Å²) in [5.74, 6) is 0.421. The summed E-state index contributed by atoms with van der Waals surface area (Å²) in [6.45, 7) is 6.67. The highest BCUT2D eigenvalue weighted by molar-refractivity contribution is 7.86. The summed E-state index contributed by atoms with van der Waals surface area (Å²) in [5, 5.41) is 0. The zero-order chi connectivity index (χ0) is 18.2. The maximum Gasteiger partial charge on any atom is 0.306 e. The monoisotopic (exact) mass is 355 g/mol. The Kier molecular flexibility index (Phi) is 8.25. The van der Waals surface area contributed by atoms with Gasteiger partial charge in [-0.1, -0.05) is 38.8 Å². The average Bonchev–Trinajstić information content (AvgIpc) is 2.50. The van der Waals surface area contributed by atoms with Crippen molar-refractivity contribution < 1.29 is 17.4 Å². The molecule has 1 atom stereocenters. The molecule has 0 heterocycles. The molecular formula is C18H29NO4S. The molecule has 0 radical (unpaired) electrons. The minimum absolute atomic E-state index is 0.138. The molecule has 24 heavy (non-hydrogen) atoms. The molecule has 6 heteroatoms. The Labute approximate surface area is 146 Å². The van der Waals surface area contributed by atoms with Gasteiger partial charge in [-0.15, -0.1) is 0 Å². The first-order valence-electron chi connectivity index (χ1n) is 8.54. The summed E-state index contributed by atoms with van der Waals surface area (Å²) in [6, 6.07) is 7.03. The Morgan fingerprint density at radius 2 is 1.96 bits per heavy atom. The third-order valence-corrected chi connectivity index (χ3v) is 4.43. The molecule has 0 aliphatic heterocycles. The first-order chi connectivity index (χ1) is 11.3. The number of carbonyl (C=O) groups excluding carboxylic acids is 1. The Hall–Kier alpha value is -1.56. The number of carbonyl (C=O) groups is 1. The Balaban J connectivity index is 2.86. The van der Waals surface area contributed by atoms with Gasteiger partial charge >= 0.3 is 10.1 Å². The van der Waals surface area contributed by atoms with Gasteiger partial charge in [-0.05, 0) is 37.5 Å². The van der Waals surface area contributed by atoms with E-state index in [1.807, 2.05) is 17.9 Å². The zero-order valence-electron chi connectivity index (χ0n) is 15.1. The van der Waals surface area contributed by atoms with Crippen LogP contribution in [-0.2, 0) is 21.5 Å².